The first-order chi connectivity index (χ1) is 11.1. The molecule has 23 heavy (non-hydrogen) atoms. The van der Waals surface area contributed by atoms with Gasteiger partial charge in [0.1, 0.15) is 16.9 Å². The van der Waals surface area contributed by atoms with E-state index in [0.717, 1.165) is 18.8 Å². The van der Waals surface area contributed by atoms with E-state index in [1.165, 1.54) is 13.2 Å². The van der Waals surface area contributed by atoms with E-state index in [2.05, 4.69) is 9.64 Å². The molecule has 1 fully saturated rings. The lowest BCUT2D eigenvalue weighted by Gasteiger charge is -2.30. The smallest absolute Gasteiger partial charge is 0.351 e. The Balaban J connectivity index is 2.13. The number of carbonyl (C=O) groups excluding carboxylic acids is 1. The van der Waals surface area contributed by atoms with Crippen LogP contribution >= 0.6 is 0 Å². The number of morpholine rings is 1. The summed E-state index contributed by atoms with van der Waals surface area (Å²) >= 11 is 0. The van der Waals surface area contributed by atoms with Crippen LogP contribution in [0.25, 0.3) is 11.0 Å². The van der Waals surface area contributed by atoms with Crippen LogP contribution in [0.1, 0.15) is 10.4 Å². The van der Waals surface area contributed by atoms with Crippen LogP contribution in [-0.2, 0) is 9.47 Å². The second kappa shape index (κ2) is 6.29. The third-order valence-corrected chi connectivity index (χ3v) is 3.79. The third kappa shape index (κ3) is 2.87. The minimum absolute atomic E-state index is 0.138. The molecule has 1 aromatic carbocycles. The van der Waals surface area contributed by atoms with Crippen molar-refractivity contribution < 1.29 is 23.4 Å². The lowest BCUT2D eigenvalue weighted by molar-refractivity contribution is 0.0596. The van der Waals surface area contributed by atoms with Crippen LogP contribution in [0.3, 0.4) is 0 Å². The molecule has 7 heteroatoms. The number of esters is 1. The molecular weight excluding hydrogens is 302 g/mol. The second-order valence-corrected chi connectivity index (χ2v) is 5.10. The number of carbonyl (C=O) groups is 1. The molecule has 3 rings (SSSR count). The van der Waals surface area contributed by atoms with Gasteiger partial charge in [-0.25, -0.2) is 9.59 Å². The van der Waals surface area contributed by atoms with Crippen molar-refractivity contribution in [1.82, 2.24) is 0 Å². The van der Waals surface area contributed by atoms with Crippen molar-refractivity contribution in [3.63, 3.8) is 0 Å². The van der Waals surface area contributed by atoms with Gasteiger partial charge in [-0.15, -0.1) is 0 Å². The molecule has 1 aliphatic rings. The number of nitrogens with zero attached hydrogens (tertiary/aromatic N) is 1. The summed E-state index contributed by atoms with van der Waals surface area (Å²) in [5.41, 5.74) is 0.367. The van der Waals surface area contributed by atoms with E-state index in [-0.39, 0.29) is 5.56 Å². The zero-order chi connectivity index (χ0) is 16.4. The molecule has 7 nitrogen and oxygen atoms in total. The fourth-order valence-electron chi connectivity index (χ4n) is 2.60. The number of hydrogen-bond donors (Lipinski definition) is 0. The van der Waals surface area contributed by atoms with Crippen LogP contribution in [0.2, 0.25) is 0 Å². The predicted octanol–water partition coefficient (Wildman–Crippen LogP) is 1.42. The average molecular weight is 319 g/mol. The lowest BCUT2D eigenvalue weighted by Crippen LogP contribution is -2.36. The molecule has 2 heterocycles. The Morgan fingerprint density at radius 2 is 1.91 bits per heavy atom. The van der Waals surface area contributed by atoms with Crippen molar-refractivity contribution in [3.05, 3.63) is 34.2 Å². The van der Waals surface area contributed by atoms with E-state index in [4.69, 9.17) is 13.9 Å². The number of hydrogen-bond acceptors (Lipinski definition) is 7. The SMILES string of the molecule is COC(=O)c1cc2cc(OC)c(N3CCOCC3)cc2oc1=O. The molecular formula is C16H17NO6. The van der Waals surface area contributed by atoms with Crippen LogP contribution < -0.4 is 15.3 Å². The number of ether oxygens (including phenoxy) is 3. The molecule has 0 bridgehead atoms. The van der Waals surface area contributed by atoms with Gasteiger partial charge in [-0.05, 0) is 12.1 Å². The van der Waals surface area contributed by atoms with Crippen LogP contribution in [0, 0.1) is 0 Å². The fourth-order valence-corrected chi connectivity index (χ4v) is 2.60. The van der Waals surface area contributed by atoms with Gasteiger partial charge >= 0.3 is 11.6 Å². The standard InChI is InChI=1S/C16H17NO6/c1-20-14-8-10-7-11(15(18)21-2)16(19)23-13(10)9-12(14)17-3-5-22-6-4-17/h7-9H,3-6H2,1-2H3. The van der Waals surface area contributed by atoms with Crippen molar-refractivity contribution in [2.24, 2.45) is 0 Å². The van der Waals surface area contributed by atoms with Crippen LogP contribution in [-0.4, -0.2) is 46.5 Å². The average Bonchev–Trinajstić information content (AvgIpc) is 2.60. The van der Waals surface area contributed by atoms with E-state index in [9.17, 15) is 9.59 Å². The zero-order valence-electron chi connectivity index (χ0n) is 13.0. The first-order valence-electron chi connectivity index (χ1n) is 7.21. The Morgan fingerprint density at radius 1 is 1.17 bits per heavy atom. The minimum Gasteiger partial charge on any atom is -0.495 e. The van der Waals surface area contributed by atoms with Gasteiger partial charge in [-0.1, -0.05) is 0 Å². The van der Waals surface area contributed by atoms with Gasteiger partial charge in [0.05, 0.1) is 33.1 Å². The predicted molar refractivity (Wildman–Crippen MR) is 83.4 cm³/mol. The summed E-state index contributed by atoms with van der Waals surface area (Å²) in [6.45, 7) is 2.72. The molecule has 122 valence electrons. The summed E-state index contributed by atoms with van der Waals surface area (Å²) < 4.78 is 20.7. The summed E-state index contributed by atoms with van der Waals surface area (Å²) in [7, 11) is 2.79. The van der Waals surface area contributed by atoms with Crippen molar-refractivity contribution in [2.45, 2.75) is 0 Å². The van der Waals surface area contributed by atoms with Gasteiger partial charge < -0.3 is 23.5 Å². The topological polar surface area (TPSA) is 78.2 Å². The quantitative estimate of drug-likeness (QED) is 0.625. The van der Waals surface area contributed by atoms with Gasteiger partial charge in [-0.3, -0.25) is 0 Å². The summed E-state index contributed by atoms with van der Waals surface area (Å²) in [5.74, 6) is -0.0825. The molecule has 0 spiro atoms. The van der Waals surface area contributed by atoms with E-state index < -0.39 is 11.6 Å². The van der Waals surface area contributed by atoms with E-state index >= 15 is 0 Å². The first-order valence-corrected chi connectivity index (χ1v) is 7.21. The highest BCUT2D eigenvalue weighted by atomic mass is 16.5. The van der Waals surface area contributed by atoms with Gasteiger partial charge in [0, 0.05) is 24.5 Å². The lowest BCUT2D eigenvalue weighted by atomic mass is 10.1. The zero-order valence-corrected chi connectivity index (χ0v) is 13.0. The summed E-state index contributed by atoms with van der Waals surface area (Å²) in [6.07, 6.45) is 0. The highest BCUT2D eigenvalue weighted by molar-refractivity contribution is 5.94. The first kappa shape index (κ1) is 15.4. The molecule has 0 amide bonds. The van der Waals surface area contributed by atoms with Crippen molar-refractivity contribution >= 4 is 22.6 Å². The summed E-state index contributed by atoms with van der Waals surface area (Å²) in [5, 5.41) is 0.596. The van der Waals surface area contributed by atoms with Crippen LogP contribution in [0.5, 0.6) is 5.75 Å². The molecule has 1 aromatic heterocycles. The third-order valence-electron chi connectivity index (χ3n) is 3.79. The number of methoxy groups -OCH3 is 2. The Bertz CT molecular complexity index is 791. The summed E-state index contributed by atoms with van der Waals surface area (Å²) in [4.78, 5) is 25.7. The Hall–Kier alpha value is -2.54. The largest absolute Gasteiger partial charge is 0.495 e. The van der Waals surface area contributed by atoms with Gasteiger partial charge in [0.25, 0.3) is 0 Å². The van der Waals surface area contributed by atoms with Crippen LogP contribution in [0.15, 0.2) is 27.4 Å². The molecule has 0 radical (unpaired) electrons. The van der Waals surface area contributed by atoms with E-state index in [1.54, 1.807) is 19.2 Å². The molecule has 2 aromatic rings. The maximum absolute atomic E-state index is 11.9. The molecule has 0 unspecified atom stereocenters. The van der Waals surface area contributed by atoms with E-state index in [0.29, 0.717) is 29.9 Å². The van der Waals surface area contributed by atoms with Gasteiger partial charge in [0.15, 0.2) is 0 Å². The highest BCUT2D eigenvalue weighted by Gasteiger charge is 2.19. The second-order valence-electron chi connectivity index (χ2n) is 5.10. The summed E-state index contributed by atoms with van der Waals surface area (Å²) in [6, 6.07) is 4.95. The van der Waals surface area contributed by atoms with Crippen molar-refractivity contribution in [1.29, 1.82) is 0 Å². The monoisotopic (exact) mass is 319 g/mol. The molecule has 0 N–H and O–H groups in total. The maximum atomic E-state index is 11.9. The number of anilines is 1. The van der Waals surface area contributed by atoms with Gasteiger partial charge in [-0.2, -0.15) is 0 Å². The molecule has 0 saturated carbocycles. The maximum Gasteiger partial charge on any atom is 0.351 e. The Kier molecular flexibility index (Phi) is 4.20. The number of fused-ring (bicyclic) bond motifs is 1. The van der Waals surface area contributed by atoms with E-state index in [1.807, 2.05) is 0 Å². The molecule has 1 saturated heterocycles. The molecule has 0 atom stereocenters. The molecule has 0 aliphatic carbocycles. The number of benzene rings is 1. The fraction of sp³-hybridized carbons (Fsp3) is 0.375. The van der Waals surface area contributed by atoms with Crippen molar-refractivity contribution in [3.8, 4) is 5.75 Å². The minimum atomic E-state index is -0.725. The number of rotatable bonds is 3. The Labute approximate surface area is 132 Å². The van der Waals surface area contributed by atoms with Crippen molar-refractivity contribution in [2.75, 3.05) is 45.4 Å². The molecule has 1 aliphatic heterocycles. The Morgan fingerprint density at radius 3 is 2.57 bits per heavy atom. The van der Waals surface area contributed by atoms with Crippen LogP contribution in [0.4, 0.5) is 5.69 Å². The highest BCUT2D eigenvalue weighted by Crippen LogP contribution is 2.33. The normalized spacial score (nSPS) is 14.8. The van der Waals surface area contributed by atoms with Gasteiger partial charge in [0.2, 0.25) is 0 Å².